The SMILES string of the molecule is NCC(N)c1cc(Cl)c2c(c1)OCO2. The summed E-state index contributed by atoms with van der Waals surface area (Å²) in [7, 11) is 0. The van der Waals surface area contributed by atoms with Crippen LogP contribution in [0.5, 0.6) is 11.5 Å². The van der Waals surface area contributed by atoms with E-state index in [1.807, 2.05) is 6.07 Å². The van der Waals surface area contributed by atoms with Crippen LogP contribution in [0.1, 0.15) is 11.6 Å². The Morgan fingerprint density at radius 2 is 2.21 bits per heavy atom. The van der Waals surface area contributed by atoms with Crippen LogP contribution in [0.4, 0.5) is 0 Å². The number of hydrogen-bond donors (Lipinski definition) is 2. The Kier molecular flexibility index (Phi) is 2.50. The van der Waals surface area contributed by atoms with E-state index in [9.17, 15) is 0 Å². The number of halogens is 1. The first-order valence-electron chi connectivity index (χ1n) is 4.27. The molecule has 1 aliphatic heterocycles. The molecule has 1 unspecified atom stereocenters. The zero-order chi connectivity index (χ0) is 10.1. The van der Waals surface area contributed by atoms with Gasteiger partial charge in [0.15, 0.2) is 11.5 Å². The fourth-order valence-electron chi connectivity index (χ4n) is 1.34. The number of rotatable bonds is 2. The smallest absolute Gasteiger partial charge is 0.231 e. The summed E-state index contributed by atoms with van der Waals surface area (Å²) in [6.07, 6.45) is 0. The van der Waals surface area contributed by atoms with Gasteiger partial charge in [-0.2, -0.15) is 0 Å². The molecule has 0 bridgehead atoms. The first-order chi connectivity index (χ1) is 6.72. The maximum absolute atomic E-state index is 5.97. The molecule has 14 heavy (non-hydrogen) atoms. The molecule has 1 heterocycles. The highest BCUT2D eigenvalue weighted by Crippen LogP contribution is 2.40. The van der Waals surface area contributed by atoms with Gasteiger partial charge in [0.2, 0.25) is 6.79 Å². The van der Waals surface area contributed by atoms with Crippen LogP contribution in [0, 0.1) is 0 Å². The number of fused-ring (bicyclic) bond motifs is 1. The molecular weight excluding hydrogens is 204 g/mol. The molecule has 0 fully saturated rings. The zero-order valence-electron chi connectivity index (χ0n) is 7.50. The van der Waals surface area contributed by atoms with E-state index < -0.39 is 0 Å². The molecule has 0 aromatic heterocycles. The van der Waals surface area contributed by atoms with Crippen molar-refractivity contribution in [3.8, 4) is 11.5 Å². The van der Waals surface area contributed by atoms with Gasteiger partial charge in [0.05, 0.1) is 5.02 Å². The Labute approximate surface area is 86.7 Å². The van der Waals surface area contributed by atoms with E-state index in [-0.39, 0.29) is 12.8 Å². The van der Waals surface area contributed by atoms with Crippen LogP contribution in [0.3, 0.4) is 0 Å². The van der Waals surface area contributed by atoms with Crippen molar-refractivity contribution in [2.75, 3.05) is 13.3 Å². The van der Waals surface area contributed by atoms with E-state index in [4.69, 9.17) is 32.5 Å². The van der Waals surface area contributed by atoms with Crippen molar-refractivity contribution in [3.05, 3.63) is 22.7 Å². The third-order valence-corrected chi connectivity index (χ3v) is 2.41. The van der Waals surface area contributed by atoms with Crippen LogP contribution in [-0.4, -0.2) is 13.3 Å². The molecule has 0 saturated carbocycles. The van der Waals surface area contributed by atoms with E-state index in [0.717, 1.165) is 5.56 Å². The second-order valence-electron chi connectivity index (χ2n) is 3.08. The van der Waals surface area contributed by atoms with Gasteiger partial charge in [0.25, 0.3) is 0 Å². The lowest BCUT2D eigenvalue weighted by molar-refractivity contribution is 0.174. The Balaban J connectivity index is 2.41. The fraction of sp³-hybridized carbons (Fsp3) is 0.333. The Bertz CT molecular complexity index is 357. The molecule has 0 spiro atoms. The van der Waals surface area contributed by atoms with Crippen LogP contribution in [0.15, 0.2) is 12.1 Å². The summed E-state index contributed by atoms with van der Waals surface area (Å²) in [6, 6.07) is 3.35. The second kappa shape index (κ2) is 3.65. The van der Waals surface area contributed by atoms with E-state index in [1.165, 1.54) is 0 Å². The Morgan fingerprint density at radius 1 is 1.43 bits per heavy atom. The van der Waals surface area contributed by atoms with Crippen molar-refractivity contribution in [1.29, 1.82) is 0 Å². The quantitative estimate of drug-likeness (QED) is 0.772. The van der Waals surface area contributed by atoms with E-state index in [2.05, 4.69) is 0 Å². The lowest BCUT2D eigenvalue weighted by Crippen LogP contribution is -2.20. The van der Waals surface area contributed by atoms with Crippen molar-refractivity contribution in [2.24, 2.45) is 11.5 Å². The Morgan fingerprint density at radius 3 is 2.93 bits per heavy atom. The van der Waals surface area contributed by atoms with Crippen molar-refractivity contribution in [1.82, 2.24) is 0 Å². The van der Waals surface area contributed by atoms with Gasteiger partial charge in [-0.05, 0) is 17.7 Å². The number of benzene rings is 1. The molecule has 5 heteroatoms. The summed E-state index contributed by atoms with van der Waals surface area (Å²) in [4.78, 5) is 0. The van der Waals surface area contributed by atoms with Crippen LogP contribution in [0.2, 0.25) is 5.02 Å². The minimum absolute atomic E-state index is 0.205. The largest absolute Gasteiger partial charge is 0.454 e. The second-order valence-corrected chi connectivity index (χ2v) is 3.49. The van der Waals surface area contributed by atoms with Gasteiger partial charge in [-0.3, -0.25) is 0 Å². The molecular formula is C9H11ClN2O2. The maximum atomic E-state index is 5.97. The molecule has 4 nitrogen and oxygen atoms in total. The van der Waals surface area contributed by atoms with Gasteiger partial charge in [-0.1, -0.05) is 11.6 Å². The standard InChI is InChI=1S/C9H11ClN2O2/c10-6-1-5(7(12)3-11)2-8-9(6)14-4-13-8/h1-2,7H,3-4,11-12H2. The van der Waals surface area contributed by atoms with Crippen LogP contribution in [0.25, 0.3) is 0 Å². The summed E-state index contributed by atoms with van der Waals surface area (Å²) < 4.78 is 10.4. The molecule has 0 radical (unpaired) electrons. The van der Waals surface area contributed by atoms with Gasteiger partial charge >= 0.3 is 0 Å². The van der Waals surface area contributed by atoms with E-state index in [0.29, 0.717) is 23.1 Å². The van der Waals surface area contributed by atoms with Gasteiger partial charge in [0, 0.05) is 12.6 Å². The van der Waals surface area contributed by atoms with Crippen molar-refractivity contribution in [2.45, 2.75) is 6.04 Å². The van der Waals surface area contributed by atoms with Gasteiger partial charge in [0.1, 0.15) is 0 Å². The lowest BCUT2D eigenvalue weighted by Gasteiger charge is -2.10. The molecule has 76 valence electrons. The van der Waals surface area contributed by atoms with E-state index in [1.54, 1.807) is 6.07 Å². The molecule has 4 N–H and O–H groups in total. The van der Waals surface area contributed by atoms with Crippen molar-refractivity contribution >= 4 is 11.6 Å². The highest BCUT2D eigenvalue weighted by Gasteiger charge is 2.19. The molecule has 1 aromatic carbocycles. The van der Waals surface area contributed by atoms with Crippen LogP contribution in [-0.2, 0) is 0 Å². The summed E-state index contributed by atoms with van der Waals surface area (Å²) in [6.45, 7) is 0.576. The first kappa shape index (κ1) is 9.58. The fourth-order valence-corrected chi connectivity index (χ4v) is 1.61. The Hall–Kier alpha value is -0.970. The maximum Gasteiger partial charge on any atom is 0.231 e. The van der Waals surface area contributed by atoms with Gasteiger partial charge in [-0.25, -0.2) is 0 Å². The number of hydrogen-bond acceptors (Lipinski definition) is 4. The predicted octanol–water partition coefficient (Wildman–Crippen LogP) is 1.03. The highest BCUT2D eigenvalue weighted by atomic mass is 35.5. The predicted molar refractivity (Wildman–Crippen MR) is 53.6 cm³/mol. The third kappa shape index (κ3) is 1.52. The van der Waals surface area contributed by atoms with Gasteiger partial charge in [-0.15, -0.1) is 0 Å². The van der Waals surface area contributed by atoms with Crippen LogP contribution >= 0.6 is 11.6 Å². The average Bonchev–Trinajstić information content (AvgIpc) is 2.64. The normalized spacial score (nSPS) is 15.6. The monoisotopic (exact) mass is 214 g/mol. The van der Waals surface area contributed by atoms with E-state index >= 15 is 0 Å². The van der Waals surface area contributed by atoms with Crippen molar-refractivity contribution in [3.63, 3.8) is 0 Å². The third-order valence-electron chi connectivity index (χ3n) is 2.13. The van der Waals surface area contributed by atoms with Crippen LogP contribution < -0.4 is 20.9 Å². The highest BCUT2D eigenvalue weighted by molar-refractivity contribution is 6.32. The minimum Gasteiger partial charge on any atom is -0.454 e. The molecule has 0 saturated heterocycles. The molecule has 1 atom stereocenters. The topological polar surface area (TPSA) is 70.5 Å². The molecule has 2 rings (SSSR count). The molecule has 0 aliphatic carbocycles. The van der Waals surface area contributed by atoms with Gasteiger partial charge < -0.3 is 20.9 Å². The first-order valence-corrected chi connectivity index (χ1v) is 4.65. The summed E-state index contributed by atoms with van der Waals surface area (Å²) in [5.74, 6) is 1.22. The number of ether oxygens (including phenoxy) is 2. The molecule has 0 amide bonds. The van der Waals surface area contributed by atoms with Crippen molar-refractivity contribution < 1.29 is 9.47 Å². The number of nitrogens with two attached hydrogens (primary N) is 2. The summed E-state index contributed by atoms with van der Waals surface area (Å²) in [5, 5.41) is 0.513. The average molecular weight is 215 g/mol. The lowest BCUT2D eigenvalue weighted by atomic mass is 10.1. The molecule has 1 aliphatic rings. The zero-order valence-corrected chi connectivity index (χ0v) is 8.25. The minimum atomic E-state index is -0.220. The summed E-state index contributed by atoms with van der Waals surface area (Å²) in [5.41, 5.74) is 12.1. The molecule has 1 aromatic rings. The summed E-state index contributed by atoms with van der Waals surface area (Å²) >= 11 is 5.97.